The minimum Gasteiger partial charge on any atom is -0.354 e. The Hall–Kier alpha value is -4.50. The van der Waals surface area contributed by atoms with E-state index < -0.39 is 4.92 Å². The minimum absolute atomic E-state index is 0.0618. The SMILES string of the molecule is CN(C)CC(=O)NCc1ccc(N/C(=C2\C(=O)Nc3ccc([N+](=O)[O-])cc32)c2ccccc2)cc1. The summed E-state index contributed by atoms with van der Waals surface area (Å²) in [7, 11) is 3.67. The molecular weight excluding hydrogens is 446 g/mol. The summed E-state index contributed by atoms with van der Waals surface area (Å²) in [5, 5.41) is 20.3. The normalized spacial score (nSPS) is 13.7. The number of amides is 2. The molecule has 4 rings (SSSR count). The number of nitro groups is 1. The number of nitro benzene ring substituents is 1. The molecule has 2 amide bonds. The maximum absolute atomic E-state index is 13.0. The van der Waals surface area contributed by atoms with Gasteiger partial charge in [0, 0.05) is 35.6 Å². The van der Waals surface area contributed by atoms with Crippen LogP contribution in [0.5, 0.6) is 0 Å². The summed E-state index contributed by atoms with van der Waals surface area (Å²) >= 11 is 0. The van der Waals surface area contributed by atoms with Crippen LogP contribution in [0.25, 0.3) is 11.3 Å². The predicted octanol–water partition coefficient (Wildman–Crippen LogP) is 3.71. The number of fused-ring (bicyclic) bond motifs is 1. The highest BCUT2D eigenvalue weighted by molar-refractivity contribution is 6.37. The van der Waals surface area contributed by atoms with E-state index in [9.17, 15) is 19.7 Å². The Kier molecular flexibility index (Phi) is 6.88. The van der Waals surface area contributed by atoms with Crippen molar-refractivity contribution in [1.82, 2.24) is 10.2 Å². The molecule has 178 valence electrons. The first-order chi connectivity index (χ1) is 16.8. The number of hydrogen-bond donors (Lipinski definition) is 3. The third kappa shape index (κ3) is 5.53. The van der Waals surface area contributed by atoms with Crippen LogP contribution < -0.4 is 16.0 Å². The summed E-state index contributed by atoms with van der Waals surface area (Å²) in [6.07, 6.45) is 0. The maximum atomic E-state index is 13.0. The van der Waals surface area contributed by atoms with Gasteiger partial charge >= 0.3 is 0 Å². The second kappa shape index (κ2) is 10.2. The van der Waals surface area contributed by atoms with E-state index in [1.165, 1.54) is 12.1 Å². The molecule has 0 bridgehead atoms. The van der Waals surface area contributed by atoms with Crippen molar-refractivity contribution in [3.63, 3.8) is 0 Å². The van der Waals surface area contributed by atoms with Gasteiger partial charge in [0.25, 0.3) is 11.6 Å². The lowest BCUT2D eigenvalue weighted by molar-refractivity contribution is -0.384. The lowest BCUT2D eigenvalue weighted by Crippen LogP contribution is -2.32. The molecule has 35 heavy (non-hydrogen) atoms. The molecule has 0 unspecified atom stereocenters. The van der Waals surface area contributed by atoms with E-state index >= 15 is 0 Å². The summed E-state index contributed by atoms with van der Waals surface area (Å²) in [6.45, 7) is 0.717. The Balaban J connectivity index is 1.66. The van der Waals surface area contributed by atoms with E-state index in [0.29, 0.717) is 35.6 Å². The summed E-state index contributed by atoms with van der Waals surface area (Å²) in [4.78, 5) is 37.5. The van der Waals surface area contributed by atoms with Crippen molar-refractivity contribution in [2.45, 2.75) is 6.54 Å². The van der Waals surface area contributed by atoms with Gasteiger partial charge in [0.1, 0.15) is 0 Å². The molecule has 3 aromatic carbocycles. The van der Waals surface area contributed by atoms with Crippen LogP contribution in [0.1, 0.15) is 16.7 Å². The molecule has 9 heteroatoms. The summed E-state index contributed by atoms with van der Waals surface area (Å²) in [6, 6.07) is 21.1. The lowest BCUT2D eigenvalue weighted by Gasteiger charge is -2.15. The van der Waals surface area contributed by atoms with Gasteiger partial charge in [-0.3, -0.25) is 19.7 Å². The first kappa shape index (κ1) is 23.7. The highest BCUT2D eigenvalue weighted by atomic mass is 16.6. The molecule has 1 aliphatic heterocycles. The Morgan fingerprint density at radius 3 is 2.40 bits per heavy atom. The van der Waals surface area contributed by atoms with Crippen molar-refractivity contribution >= 4 is 40.1 Å². The topological polar surface area (TPSA) is 117 Å². The molecule has 1 aliphatic rings. The van der Waals surface area contributed by atoms with Crippen LogP contribution >= 0.6 is 0 Å². The molecule has 3 aromatic rings. The van der Waals surface area contributed by atoms with Gasteiger partial charge in [-0.1, -0.05) is 42.5 Å². The maximum Gasteiger partial charge on any atom is 0.270 e. The fourth-order valence-electron chi connectivity index (χ4n) is 3.79. The van der Waals surface area contributed by atoms with Gasteiger partial charge in [0.05, 0.1) is 22.7 Å². The van der Waals surface area contributed by atoms with Crippen molar-refractivity contribution in [3.05, 3.63) is 99.6 Å². The van der Waals surface area contributed by atoms with Crippen molar-refractivity contribution in [3.8, 4) is 0 Å². The van der Waals surface area contributed by atoms with Gasteiger partial charge in [-0.25, -0.2) is 0 Å². The Bertz CT molecular complexity index is 1300. The molecule has 0 saturated heterocycles. The van der Waals surface area contributed by atoms with Crippen molar-refractivity contribution in [2.75, 3.05) is 31.3 Å². The van der Waals surface area contributed by atoms with Crippen LogP contribution in [0.15, 0.2) is 72.8 Å². The second-order valence-corrected chi connectivity index (χ2v) is 8.39. The number of anilines is 2. The molecule has 0 atom stereocenters. The van der Waals surface area contributed by atoms with Crippen LogP contribution in [0, 0.1) is 10.1 Å². The van der Waals surface area contributed by atoms with Crippen molar-refractivity contribution in [1.29, 1.82) is 0 Å². The number of nitrogens with one attached hydrogen (secondary N) is 3. The number of carbonyl (C=O) groups is 2. The number of carbonyl (C=O) groups excluding carboxylic acids is 2. The van der Waals surface area contributed by atoms with Gasteiger partial charge in [0.15, 0.2) is 0 Å². The van der Waals surface area contributed by atoms with Crippen LogP contribution in [0.3, 0.4) is 0 Å². The average molecular weight is 472 g/mol. The van der Waals surface area contributed by atoms with Crippen LogP contribution in [-0.2, 0) is 16.1 Å². The molecule has 0 aliphatic carbocycles. The molecule has 0 radical (unpaired) electrons. The average Bonchev–Trinajstić information content (AvgIpc) is 3.16. The number of nitrogens with zero attached hydrogens (tertiary/aromatic N) is 2. The van der Waals surface area contributed by atoms with E-state index in [1.54, 1.807) is 11.0 Å². The number of hydrogen-bond acceptors (Lipinski definition) is 6. The van der Waals surface area contributed by atoms with Gasteiger partial charge < -0.3 is 20.9 Å². The number of rotatable bonds is 8. The molecule has 1 heterocycles. The smallest absolute Gasteiger partial charge is 0.270 e. The van der Waals surface area contributed by atoms with E-state index in [2.05, 4.69) is 16.0 Å². The molecule has 3 N–H and O–H groups in total. The molecular formula is C26H25N5O4. The van der Waals surface area contributed by atoms with E-state index in [-0.39, 0.29) is 17.5 Å². The molecule has 0 aromatic heterocycles. The van der Waals surface area contributed by atoms with Crippen LogP contribution in [-0.4, -0.2) is 42.3 Å². The standard InChI is InChI=1S/C26H25N5O4/c1-30(2)16-23(32)27-15-17-8-10-19(11-9-17)28-25(18-6-4-3-5-7-18)24-21-14-20(31(34)35)12-13-22(21)29-26(24)33/h3-14,28H,15-16H2,1-2H3,(H,27,32)(H,29,33)/b25-24-. The highest BCUT2D eigenvalue weighted by Gasteiger charge is 2.30. The number of non-ortho nitro benzene ring substituents is 1. The Morgan fingerprint density at radius 2 is 1.74 bits per heavy atom. The minimum atomic E-state index is -0.480. The zero-order valence-electron chi connectivity index (χ0n) is 19.4. The predicted molar refractivity (Wildman–Crippen MR) is 135 cm³/mol. The van der Waals surface area contributed by atoms with Gasteiger partial charge in [-0.05, 0) is 43.4 Å². The first-order valence-corrected chi connectivity index (χ1v) is 11.0. The lowest BCUT2D eigenvalue weighted by atomic mass is 9.99. The fraction of sp³-hybridized carbons (Fsp3) is 0.154. The van der Waals surface area contributed by atoms with E-state index in [4.69, 9.17) is 0 Å². The van der Waals surface area contributed by atoms with Gasteiger partial charge in [-0.2, -0.15) is 0 Å². The van der Waals surface area contributed by atoms with Crippen molar-refractivity contribution < 1.29 is 14.5 Å². The highest BCUT2D eigenvalue weighted by Crippen LogP contribution is 2.39. The third-order valence-corrected chi connectivity index (χ3v) is 5.44. The fourth-order valence-corrected chi connectivity index (χ4v) is 3.79. The molecule has 9 nitrogen and oxygen atoms in total. The molecule has 0 fully saturated rings. The molecule has 0 saturated carbocycles. The van der Waals surface area contributed by atoms with Gasteiger partial charge in [-0.15, -0.1) is 0 Å². The summed E-state index contributed by atoms with van der Waals surface area (Å²) in [5.74, 6) is -0.402. The van der Waals surface area contributed by atoms with E-state index in [0.717, 1.165) is 16.8 Å². The zero-order valence-corrected chi connectivity index (χ0v) is 19.4. The number of benzene rings is 3. The molecule has 0 spiro atoms. The van der Waals surface area contributed by atoms with E-state index in [1.807, 2.05) is 68.7 Å². The third-order valence-electron chi connectivity index (χ3n) is 5.44. The quantitative estimate of drug-likeness (QED) is 0.262. The summed E-state index contributed by atoms with van der Waals surface area (Å²) in [5.41, 5.74) is 4.18. The largest absolute Gasteiger partial charge is 0.354 e. The summed E-state index contributed by atoms with van der Waals surface area (Å²) < 4.78 is 0. The monoisotopic (exact) mass is 471 g/mol. The van der Waals surface area contributed by atoms with Crippen LogP contribution in [0.2, 0.25) is 0 Å². The first-order valence-electron chi connectivity index (χ1n) is 11.0. The van der Waals surface area contributed by atoms with Crippen LogP contribution in [0.4, 0.5) is 17.1 Å². The zero-order chi connectivity index (χ0) is 24.9. The van der Waals surface area contributed by atoms with Crippen molar-refractivity contribution in [2.24, 2.45) is 0 Å². The Labute approximate surface area is 202 Å². The Morgan fingerprint density at radius 1 is 1.03 bits per heavy atom. The van der Waals surface area contributed by atoms with Gasteiger partial charge in [0.2, 0.25) is 5.91 Å². The number of likely N-dealkylation sites (N-methyl/N-ethyl adjacent to an activating group) is 1. The second-order valence-electron chi connectivity index (χ2n) is 8.39.